The Balaban J connectivity index is 1.60. The second kappa shape index (κ2) is 9.24. The molecule has 25 heavy (non-hydrogen) atoms. The Morgan fingerprint density at radius 3 is 2.72 bits per heavy atom. The summed E-state index contributed by atoms with van der Waals surface area (Å²) in [7, 11) is 1.66. The molecule has 7 heteroatoms. The van der Waals surface area contributed by atoms with Gasteiger partial charge in [0.05, 0.1) is 32.6 Å². The third-order valence-corrected chi connectivity index (χ3v) is 4.97. The predicted octanol–water partition coefficient (Wildman–Crippen LogP) is 2.68. The van der Waals surface area contributed by atoms with Gasteiger partial charge in [0, 0.05) is 24.9 Å². The Kier molecular flexibility index (Phi) is 6.75. The van der Waals surface area contributed by atoms with Crippen molar-refractivity contribution in [2.75, 3.05) is 26.1 Å². The molecule has 1 aromatic heterocycles. The lowest BCUT2D eigenvalue weighted by molar-refractivity contribution is -0.178. The molecular weight excluding hydrogens is 340 g/mol. The van der Waals surface area contributed by atoms with Crippen LogP contribution in [0.15, 0.2) is 35.6 Å². The number of ether oxygens (including phenoxy) is 3. The summed E-state index contributed by atoms with van der Waals surface area (Å²) in [6.45, 7) is 2.19. The molecule has 0 radical (unpaired) electrons. The molecule has 0 aliphatic carbocycles. The zero-order chi connectivity index (χ0) is 17.5. The number of hydrogen-bond acceptors (Lipinski definition) is 6. The minimum Gasteiger partial charge on any atom is -0.497 e. The van der Waals surface area contributed by atoms with Crippen LogP contribution in [0.2, 0.25) is 0 Å². The number of aliphatic hydroxyl groups is 1. The molecule has 1 aromatic carbocycles. The maximum Gasteiger partial charge on any atom is 0.168 e. The van der Waals surface area contributed by atoms with Gasteiger partial charge in [-0.1, -0.05) is 23.9 Å². The van der Waals surface area contributed by atoms with E-state index in [-0.39, 0.29) is 12.9 Å². The van der Waals surface area contributed by atoms with Crippen LogP contribution in [-0.2, 0) is 22.6 Å². The van der Waals surface area contributed by atoms with Gasteiger partial charge in [-0.2, -0.15) is 0 Å². The van der Waals surface area contributed by atoms with Gasteiger partial charge in [0.2, 0.25) is 0 Å². The summed E-state index contributed by atoms with van der Waals surface area (Å²) in [5, 5.41) is 10.3. The Bertz CT molecular complexity index is 654. The Labute approximate surface area is 152 Å². The molecule has 136 valence electrons. The molecule has 6 nitrogen and oxygen atoms in total. The van der Waals surface area contributed by atoms with Crippen LogP contribution in [0.3, 0.4) is 0 Å². The fourth-order valence-electron chi connectivity index (χ4n) is 2.63. The summed E-state index contributed by atoms with van der Waals surface area (Å²) in [4.78, 5) is 4.51. The molecule has 1 fully saturated rings. The Hall–Kier alpha value is -1.54. The van der Waals surface area contributed by atoms with Crippen LogP contribution in [0.25, 0.3) is 0 Å². The van der Waals surface area contributed by atoms with E-state index in [1.807, 2.05) is 30.5 Å². The minimum atomic E-state index is -0.108. The smallest absolute Gasteiger partial charge is 0.168 e. The maximum atomic E-state index is 9.40. The second-order valence-corrected chi connectivity index (χ2v) is 6.87. The first-order valence-electron chi connectivity index (χ1n) is 8.44. The van der Waals surface area contributed by atoms with E-state index >= 15 is 0 Å². The number of nitrogens with zero attached hydrogens (tertiary/aromatic N) is 2. The van der Waals surface area contributed by atoms with Crippen LogP contribution in [0.1, 0.15) is 24.1 Å². The summed E-state index contributed by atoms with van der Waals surface area (Å²) in [5.41, 5.74) is 1.84. The summed E-state index contributed by atoms with van der Waals surface area (Å²) in [5.74, 6) is 1.70. The number of rotatable bonds is 8. The highest BCUT2D eigenvalue weighted by atomic mass is 32.2. The summed E-state index contributed by atoms with van der Waals surface area (Å²) in [6, 6.07) is 7.97. The van der Waals surface area contributed by atoms with Crippen molar-refractivity contribution in [3.05, 3.63) is 41.7 Å². The third kappa shape index (κ3) is 5.22. The van der Waals surface area contributed by atoms with E-state index in [0.29, 0.717) is 12.2 Å². The van der Waals surface area contributed by atoms with Gasteiger partial charge in [-0.05, 0) is 24.1 Å². The summed E-state index contributed by atoms with van der Waals surface area (Å²) >= 11 is 1.66. The van der Waals surface area contributed by atoms with Gasteiger partial charge in [0.1, 0.15) is 5.75 Å². The number of benzene rings is 1. The number of imidazole rings is 1. The number of methoxy groups -OCH3 is 1. The van der Waals surface area contributed by atoms with Gasteiger partial charge < -0.3 is 23.9 Å². The van der Waals surface area contributed by atoms with Gasteiger partial charge in [-0.3, -0.25) is 0 Å². The highest BCUT2D eigenvalue weighted by Gasteiger charge is 2.15. The first kappa shape index (κ1) is 18.3. The van der Waals surface area contributed by atoms with Gasteiger partial charge in [0.15, 0.2) is 11.4 Å². The average Bonchev–Trinajstić information content (AvgIpc) is 3.05. The molecule has 1 saturated heterocycles. The molecule has 0 bridgehead atoms. The Morgan fingerprint density at radius 1 is 1.28 bits per heavy atom. The summed E-state index contributed by atoms with van der Waals surface area (Å²) in [6.07, 6.45) is 3.59. The normalized spacial score (nSPS) is 15.4. The van der Waals surface area contributed by atoms with Crippen molar-refractivity contribution in [2.24, 2.45) is 0 Å². The van der Waals surface area contributed by atoms with Gasteiger partial charge in [-0.25, -0.2) is 4.98 Å². The number of hydrogen-bond donors (Lipinski definition) is 1. The lowest BCUT2D eigenvalue weighted by Crippen LogP contribution is -2.25. The van der Waals surface area contributed by atoms with Crippen molar-refractivity contribution >= 4 is 11.8 Å². The first-order valence-corrected chi connectivity index (χ1v) is 9.43. The molecule has 0 saturated carbocycles. The van der Waals surface area contributed by atoms with E-state index in [0.717, 1.165) is 48.3 Å². The molecular formula is C18H24N2O4S. The fraction of sp³-hybridized carbons (Fsp3) is 0.500. The monoisotopic (exact) mass is 364 g/mol. The zero-order valence-corrected chi connectivity index (χ0v) is 15.2. The second-order valence-electron chi connectivity index (χ2n) is 5.81. The van der Waals surface area contributed by atoms with E-state index in [1.54, 1.807) is 18.9 Å². The molecule has 1 N–H and O–H groups in total. The molecule has 1 aliphatic heterocycles. The first-order chi connectivity index (χ1) is 12.3. The van der Waals surface area contributed by atoms with Gasteiger partial charge in [-0.15, -0.1) is 0 Å². The van der Waals surface area contributed by atoms with E-state index < -0.39 is 0 Å². The average molecular weight is 364 g/mol. The molecule has 2 heterocycles. The topological polar surface area (TPSA) is 65.7 Å². The van der Waals surface area contributed by atoms with Gasteiger partial charge in [0.25, 0.3) is 0 Å². The molecule has 0 unspecified atom stereocenters. The molecule has 3 rings (SSSR count). The quantitative estimate of drug-likeness (QED) is 0.727. The SMILES string of the molecule is COc1ccc(Cn2cc(CO)nc2SCCC2OCCCO2)cc1. The van der Waals surface area contributed by atoms with Crippen LogP contribution in [0.5, 0.6) is 5.75 Å². The molecule has 0 amide bonds. The van der Waals surface area contributed by atoms with Crippen LogP contribution in [0, 0.1) is 0 Å². The van der Waals surface area contributed by atoms with Crippen molar-refractivity contribution in [1.29, 1.82) is 0 Å². The number of aromatic nitrogens is 2. The van der Waals surface area contributed by atoms with E-state index in [1.165, 1.54) is 0 Å². The van der Waals surface area contributed by atoms with Crippen molar-refractivity contribution in [1.82, 2.24) is 9.55 Å². The zero-order valence-electron chi connectivity index (χ0n) is 14.4. The van der Waals surface area contributed by atoms with E-state index in [2.05, 4.69) is 9.55 Å². The van der Waals surface area contributed by atoms with Gasteiger partial charge >= 0.3 is 0 Å². The van der Waals surface area contributed by atoms with Crippen molar-refractivity contribution in [2.45, 2.75) is 37.4 Å². The largest absolute Gasteiger partial charge is 0.497 e. The minimum absolute atomic E-state index is 0.0575. The van der Waals surface area contributed by atoms with E-state index in [9.17, 15) is 5.11 Å². The van der Waals surface area contributed by atoms with E-state index in [4.69, 9.17) is 14.2 Å². The van der Waals surface area contributed by atoms with Crippen LogP contribution in [0.4, 0.5) is 0 Å². The van der Waals surface area contributed by atoms with Crippen molar-refractivity contribution in [3.8, 4) is 5.75 Å². The lowest BCUT2D eigenvalue weighted by atomic mass is 10.2. The standard InChI is InChI=1S/C18H24N2O4S/c1-22-16-5-3-14(4-6-16)11-20-12-15(13-21)19-18(20)25-10-7-17-23-8-2-9-24-17/h3-6,12,17,21H,2,7-11,13H2,1H3. The molecule has 0 atom stereocenters. The summed E-state index contributed by atoms with van der Waals surface area (Å²) < 4.78 is 18.4. The Morgan fingerprint density at radius 2 is 2.04 bits per heavy atom. The third-order valence-electron chi connectivity index (χ3n) is 3.94. The van der Waals surface area contributed by atoms with Crippen LogP contribution >= 0.6 is 11.8 Å². The van der Waals surface area contributed by atoms with Crippen molar-refractivity contribution in [3.63, 3.8) is 0 Å². The molecule has 0 spiro atoms. The fourth-order valence-corrected chi connectivity index (χ4v) is 3.59. The highest BCUT2D eigenvalue weighted by molar-refractivity contribution is 7.99. The van der Waals surface area contributed by atoms with Crippen molar-refractivity contribution < 1.29 is 19.3 Å². The van der Waals surface area contributed by atoms with Crippen LogP contribution in [-0.4, -0.2) is 47.0 Å². The highest BCUT2D eigenvalue weighted by Crippen LogP contribution is 2.23. The molecule has 2 aromatic rings. The maximum absolute atomic E-state index is 9.40. The number of thioether (sulfide) groups is 1. The van der Waals surface area contributed by atoms with Crippen LogP contribution < -0.4 is 4.74 Å². The lowest BCUT2D eigenvalue weighted by Gasteiger charge is -2.22. The predicted molar refractivity (Wildman–Crippen MR) is 95.9 cm³/mol. The number of aliphatic hydroxyl groups excluding tert-OH is 1. The molecule has 1 aliphatic rings.